The minimum Gasteiger partial charge on any atom is -0.391 e. The first-order chi connectivity index (χ1) is 5.67. The summed E-state index contributed by atoms with van der Waals surface area (Å²) in [6.45, 7) is 1.23. The largest absolute Gasteiger partial charge is 0.391 e. The van der Waals surface area contributed by atoms with Gasteiger partial charge in [0.15, 0.2) is 0 Å². The summed E-state index contributed by atoms with van der Waals surface area (Å²) in [7, 11) is 4.48. The van der Waals surface area contributed by atoms with Crippen LogP contribution in [0, 0.1) is 0 Å². The van der Waals surface area contributed by atoms with E-state index in [1.54, 1.807) is 0 Å². The van der Waals surface area contributed by atoms with Crippen LogP contribution in [0.2, 0.25) is 0 Å². The second kappa shape index (κ2) is 4.24. The fourth-order valence-electron chi connectivity index (χ4n) is 2.22. The average molecular weight is 172 g/mol. The molecule has 0 aliphatic heterocycles. The van der Waals surface area contributed by atoms with Gasteiger partial charge in [-0.25, -0.2) is 0 Å². The summed E-state index contributed by atoms with van der Waals surface area (Å²) < 4.78 is 1.01. The van der Waals surface area contributed by atoms with Gasteiger partial charge in [-0.2, -0.15) is 0 Å². The van der Waals surface area contributed by atoms with Crippen molar-refractivity contribution in [1.82, 2.24) is 0 Å². The number of hydrogen-bond acceptors (Lipinski definition) is 1. The predicted molar refractivity (Wildman–Crippen MR) is 50.9 cm³/mol. The van der Waals surface area contributed by atoms with Crippen molar-refractivity contribution in [2.45, 2.75) is 38.1 Å². The van der Waals surface area contributed by atoms with Gasteiger partial charge in [0.25, 0.3) is 0 Å². The molecule has 72 valence electrons. The second-order valence-electron chi connectivity index (χ2n) is 4.52. The third-order valence-corrected chi connectivity index (χ3v) is 3.24. The summed E-state index contributed by atoms with van der Waals surface area (Å²) >= 11 is 0. The minimum atomic E-state index is 0.323. The van der Waals surface area contributed by atoms with Crippen molar-refractivity contribution in [3.8, 4) is 0 Å². The predicted octanol–water partition coefficient (Wildman–Crippen LogP) is 1.39. The highest BCUT2D eigenvalue weighted by Gasteiger charge is 2.28. The Morgan fingerprint density at radius 3 is 2.25 bits per heavy atom. The van der Waals surface area contributed by atoms with Crippen molar-refractivity contribution in [2.75, 3.05) is 27.2 Å². The Morgan fingerprint density at radius 2 is 1.75 bits per heavy atom. The minimum absolute atomic E-state index is 0.323. The van der Waals surface area contributed by atoms with Crippen LogP contribution < -0.4 is 0 Å². The van der Waals surface area contributed by atoms with Gasteiger partial charge in [-0.05, 0) is 25.7 Å². The summed E-state index contributed by atoms with van der Waals surface area (Å²) in [6.07, 6.45) is 6.89. The van der Waals surface area contributed by atoms with Crippen LogP contribution in [0.4, 0.5) is 0 Å². The second-order valence-corrected chi connectivity index (χ2v) is 4.52. The van der Waals surface area contributed by atoms with Gasteiger partial charge < -0.3 is 9.59 Å². The monoisotopic (exact) mass is 172 g/mol. The summed E-state index contributed by atoms with van der Waals surface area (Å²) in [5.74, 6) is 0. The summed E-state index contributed by atoms with van der Waals surface area (Å²) in [5, 5.41) is 8.92. The smallest absolute Gasteiger partial charge is 0.102 e. The average Bonchev–Trinajstić information content (AvgIpc) is 2.06. The molecule has 0 bridgehead atoms. The molecule has 1 fully saturated rings. The van der Waals surface area contributed by atoms with E-state index in [0.717, 1.165) is 17.1 Å². The molecule has 0 heterocycles. The van der Waals surface area contributed by atoms with Crippen molar-refractivity contribution in [3.63, 3.8) is 0 Å². The molecule has 0 aromatic carbocycles. The van der Waals surface area contributed by atoms with E-state index in [1.165, 1.54) is 32.1 Å². The van der Waals surface area contributed by atoms with E-state index in [0.29, 0.717) is 6.61 Å². The van der Waals surface area contributed by atoms with Crippen LogP contribution in [0.3, 0.4) is 0 Å². The third-order valence-electron chi connectivity index (χ3n) is 3.24. The Labute approximate surface area is 75.8 Å². The van der Waals surface area contributed by atoms with Gasteiger partial charge in [-0.1, -0.05) is 6.42 Å². The van der Waals surface area contributed by atoms with Gasteiger partial charge >= 0.3 is 0 Å². The van der Waals surface area contributed by atoms with Gasteiger partial charge in [-0.3, -0.25) is 0 Å². The molecule has 1 saturated carbocycles. The van der Waals surface area contributed by atoms with Crippen LogP contribution in [0.25, 0.3) is 0 Å². The topological polar surface area (TPSA) is 20.2 Å². The molecule has 0 atom stereocenters. The maximum absolute atomic E-state index is 8.92. The fraction of sp³-hybridized carbons (Fsp3) is 1.00. The lowest BCUT2D eigenvalue weighted by Gasteiger charge is -2.39. The highest BCUT2D eigenvalue weighted by molar-refractivity contribution is 4.65. The maximum atomic E-state index is 8.92. The van der Waals surface area contributed by atoms with Gasteiger partial charge in [0.1, 0.15) is 6.54 Å². The molecule has 1 aliphatic carbocycles. The maximum Gasteiger partial charge on any atom is 0.102 e. The number of aliphatic hydroxyl groups is 1. The molecule has 0 spiro atoms. The Morgan fingerprint density at radius 1 is 1.17 bits per heavy atom. The quantitative estimate of drug-likeness (QED) is 0.638. The zero-order valence-electron chi connectivity index (χ0n) is 8.42. The summed E-state index contributed by atoms with van der Waals surface area (Å²) in [5.41, 5.74) is 0. The van der Waals surface area contributed by atoms with E-state index in [9.17, 15) is 0 Å². The molecule has 1 N–H and O–H groups in total. The van der Waals surface area contributed by atoms with E-state index in [4.69, 9.17) is 5.11 Å². The van der Waals surface area contributed by atoms with Gasteiger partial charge in [0.2, 0.25) is 0 Å². The number of quaternary nitrogens is 1. The van der Waals surface area contributed by atoms with Crippen LogP contribution >= 0.6 is 0 Å². The van der Waals surface area contributed by atoms with Gasteiger partial charge in [0.05, 0.1) is 26.7 Å². The lowest BCUT2D eigenvalue weighted by atomic mass is 9.93. The van der Waals surface area contributed by atoms with Crippen molar-refractivity contribution in [1.29, 1.82) is 0 Å². The SMILES string of the molecule is C[N+](C)(CCO)C1CCCCC1. The normalized spacial score (nSPS) is 21.2. The summed E-state index contributed by atoms with van der Waals surface area (Å²) in [4.78, 5) is 0. The van der Waals surface area contributed by atoms with Crippen LogP contribution in [0.1, 0.15) is 32.1 Å². The molecule has 0 aromatic heterocycles. The molecule has 0 aromatic rings. The van der Waals surface area contributed by atoms with E-state index in [1.807, 2.05) is 0 Å². The Hall–Kier alpha value is -0.0800. The first-order valence-corrected chi connectivity index (χ1v) is 5.10. The van der Waals surface area contributed by atoms with Crippen LogP contribution in [-0.2, 0) is 0 Å². The number of aliphatic hydroxyl groups excluding tert-OH is 1. The van der Waals surface area contributed by atoms with E-state index < -0.39 is 0 Å². The number of hydrogen-bond donors (Lipinski definition) is 1. The standard InChI is InChI=1S/C10H22NO/c1-11(2,8-9-12)10-6-4-3-5-7-10/h10,12H,3-9H2,1-2H3/q+1. The van der Waals surface area contributed by atoms with Crippen molar-refractivity contribution in [2.24, 2.45) is 0 Å². The Balaban J connectivity index is 2.41. The van der Waals surface area contributed by atoms with Crippen molar-refractivity contribution in [3.05, 3.63) is 0 Å². The molecule has 1 aliphatic rings. The molecular formula is C10H22NO+. The fourth-order valence-corrected chi connectivity index (χ4v) is 2.22. The molecule has 0 radical (unpaired) electrons. The van der Waals surface area contributed by atoms with Crippen LogP contribution in [-0.4, -0.2) is 42.9 Å². The van der Waals surface area contributed by atoms with Crippen molar-refractivity contribution < 1.29 is 9.59 Å². The molecule has 0 unspecified atom stereocenters. The molecular weight excluding hydrogens is 150 g/mol. The highest BCUT2D eigenvalue weighted by atomic mass is 16.3. The van der Waals surface area contributed by atoms with E-state index >= 15 is 0 Å². The Kier molecular flexibility index (Phi) is 3.53. The Bertz CT molecular complexity index is 128. The van der Waals surface area contributed by atoms with E-state index in [-0.39, 0.29) is 0 Å². The first kappa shape index (κ1) is 10.0. The highest BCUT2D eigenvalue weighted by Crippen LogP contribution is 2.25. The molecule has 0 saturated heterocycles. The molecule has 2 nitrogen and oxygen atoms in total. The lowest BCUT2D eigenvalue weighted by Crippen LogP contribution is -2.51. The van der Waals surface area contributed by atoms with Crippen molar-refractivity contribution >= 4 is 0 Å². The number of rotatable bonds is 3. The summed E-state index contributed by atoms with van der Waals surface area (Å²) in [6, 6.07) is 0.797. The zero-order chi connectivity index (χ0) is 9.03. The number of likely N-dealkylation sites (N-methyl/N-ethyl adjacent to an activating group) is 1. The molecule has 12 heavy (non-hydrogen) atoms. The van der Waals surface area contributed by atoms with Gasteiger partial charge in [0, 0.05) is 0 Å². The van der Waals surface area contributed by atoms with E-state index in [2.05, 4.69) is 14.1 Å². The van der Waals surface area contributed by atoms with Crippen LogP contribution in [0.5, 0.6) is 0 Å². The third kappa shape index (κ3) is 2.46. The lowest BCUT2D eigenvalue weighted by molar-refractivity contribution is -0.916. The van der Waals surface area contributed by atoms with Gasteiger partial charge in [-0.15, -0.1) is 0 Å². The molecule has 1 rings (SSSR count). The van der Waals surface area contributed by atoms with Crippen LogP contribution in [0.15, 0.2) is 0 Å². The molecule has 2 heteroatoms. The molecule has 0 amide bonds. The first-order valence-electron chi connectivity index (χ1n) is 5.10. The number of nitrogens with zero attached hydrogens (tertiary/aromatic N) is 1. The zero-order valence-corrected chi connectivity index (χ0v) is 8.42.